The molecule has 2 aliphatic rings. The van der Waals surface area contributed by atoms with Gasteiger partial charge >= 0.3 is 0 Å². The molecule has 2 aliphatic heterocycles. The first-order valence-electron chi connectivity index (χ1n) is 10.8. The standard InChI is InChI=1S/C25H27N3O4/c1-17-10-12-27(13-11-17)22-15-23(29)28(25(22)31)20-8-6-19(7-9-20)24(30)26-16-18-4-3-5-21(14-18)32-2/h3-9,14-15,17H,10-13,16H2,1-2H3,(H,26,30). The lowest BCUT2D eigenvalue weighted by Gasteiger charge is -2.32. The first kappa shape index (κ1) is 21.6. The molecule has 0 saturated carbocycles. The average Bonchev–Trinajstić information content (AvgIpc) is 3.12. The SMILES string of the molecule is COc1cccc(CNC(=O)c2ccc(N3C(=O)C=C(N4CCC(C)CC4)C3=O)cc2)c1. The van der Waals surface area contributed by atoms with E-state index in [1.54, 1.807) is 31.4 Å². The maximum Gasteiger partial charge on any atom is 0.281 e. The number of benzene rings is 2. The third kappa shape index (κ3) is 4.51. The number of anilines is 1. The highest BCUT2D eigenvalue weighted by atomic mass is 16.5. The zero-order valence-electron chi connectivity index (χ0n) is 18.3. The van der Waals surface area contributed by atoms with Crippen LogP contribution in [-0.2, 0) is 16.1 Å². The van der Waals surface area contributed by atoms with Gasteiger partial charge in [-0.2, -0.15) is 0 Å². The lowest BCUT2D eigenvalue weighted by Crippen LogP contribution is -2.38. The second kappa shape index (κ2) is 9.26. The monoisotopic (exact) mass is 433 g/mol. The van der Waals surface area contributed by atoms with E-state index in [4.69, 9.17) is 4.74 Å². The van der Waals surface area contributed by atoms with Gasteiger partial charge in [0, 0.05) is 31.3 Å². The average molecular weight is 434 g/mol. The van der Waals surface area contributed by atoms with Crippen molar-refractivity contribution >= 4 is 23.4 Å². The zero-order chi connectivity index (χ0) is 22.7. The Bertz CT molecular complexity index is 1050. The molecule has 0 unspecified atom stereocenters. The van der Waals surface area contributed by atoms with Crippen LogP contribution < -0.4 is 15.0 Å². The number of carbonyl (C=O) groups excluding carboxylic acids is 3. The van der Waals surface area contributed by atoms with E-state index in [0.29, 0.717) is 29.4 Å². The number of rotatable bonds is 6. The van der Waals surface area contributed by atoms with Gasteiger partial charge in [-0.1, -0.05) is 19.1 Å². The summed E-state index contributed by atoms with van der Waals surface area (Å²) < 4.78 is 5.20. The molecule has 0 spiro atoms. The highest BCUT2D eigenvalue weighted by Crippen LogP contribution is 2.28. The third-order valence-electron chi connectivity index (χ3n) is 6.00. The Kier molecular flexibility index (Phi) is 6.25. The molecule has 7 nitrogen and oxygen atoms in total. The largest absolute Gasteiger partial charge is 0.497 e. The number of piperidine rings is 1. The predicted molar refractivity (Wildman–Crippen MR) is 121 cm³/mol. The number of imide groups is 1. The molecule has 2 aromatic carbocycles. The summed E-state index contributed by atoms with van der Waals surface area (Å²) >= 11 is 0. The molecular weight excluding hydrogens is 406 g/mol. The van der Waals surface area contributed by atoms with Crippen molar-refractivity contribution in [2.45, 2.75) is 26.3 Å². The van der Waals surface area contributed by atoms with Gasteiger partial charge in [0.05, 0.1) is 12.8 Å². The zero-order valence-corrected chi connectivity index (χ0v) is 18.3. The summed E-state index contributed by atoms with van der Waals surface area (Å²) in [6.45, 7) is 4.13. The second-order valence-corrected chi connectivity index (χ2v) is 8.26. The molecule has 0 bridgehead atoms. The Morgan fingerprint density at radius 3 is 2.50 bits per heavy atom. The number of methoxy groups -OCH3 is 1. The maximum absolute atomic E-state index is 12.9. The molecule has 4 rings (SSSR count). The number of hydrogen-bond acceptors (Lipinski definition) is 5. The number of nitrogens with zero attached hydrogens (tertiary/aromatic N) is 2. The fourth-order valence-electron chi connectivity index (χ4n) is 4.01. The Hall–Kier alpha value is -3.61. The van der Waals surface area contributed by atoms with Crippen molar-refractivity contribution in [3.05, 3.63) is 71.4 Å². The fourth-order valence-corrected chi connectivity index (χ4v) is 4.01. The third-order valence-corrected chi connectivity index (χ3v) is 6.00. The summed E-state index contributed by atoms with van der Waals surface area (Å²) in [6, 6.07) is 14.0. The van der Waals surface area contributed by atoms with Crippen LogP contribution in [0.5, 0.6) is 5.75 Å². The molecule has 3 amide bonds. The van der Waals surface area contributed by atoms with Crippen LogP contribution in [0, 0.1) is 5.92 Å². The topological polar surface area (TPSA) is 79.0 Å². The van der Waals surface area contributed by atoms with E-state index in [9.17, 15) is 14.4 Å². The molecule has 2 heterocycles. The van der Waals surface area contributed by atoms with E-state index in [1.165, 1.54) is 11.0 Å². The minimum Gasteiger partial charge on any atom is -0.497 e. The Balaban J connectivity index is 1.39. The Morgan fingerprint density at radius 2 is 1.81 bits per heavy atom. The molecule has 32 heavy (non-hydrogen) atoms. The van der Waals surface area contributed by atoms with Crippen LogP contribution in [0.15, 0.2) is 60.3 Å². The summed E-state index contributed by atoms with van der Waals surface area (Å²) in [5.41, 5.74) is 2.30. The summed E-state index contributed by atoms with van der Waals surface area (Å²) in [7, 11) is 1.60. The molecule has 7 heteroatoms. The highest BCUT2D eigenvalue weighted by Gasteiger charge is 2.36. The van der Waals surface area contributed by atoms with Crippen LogP contribution in [0.3, 0.4) is 0 Å². The van der Waals surface area contributed by atoms with Gasteiger partial charge in [-0.3, -0.25) is 14.4 Å². The van der Waals surface area contributed by atoms with E-state index in [1.807, 2.05) is 29.2 Å². The van der Waals surface area contributed by atoms with Crippen molar-refractivity contribution in [1.29, 1.82) is 0 Å². The van der Waals surface area contributed by atoms with E-state index >= 15 is 0 Å². The van der Waals surface area contributed by atoms with Crippen LogP contribution in [0.2, 0.25) is 0 Å². The van der Waals surface area contributed by atoms with Gasteiger partial charge < -0.3 is 15.0 Å². The van der Waals surface area contributed by atoms with Crippen molar-refractivity contribution in [1.82, 2.24) is 10.2 Å². The molecule has 1 fully saturated rings. The van der Waals surface area contributed by atoms with Gasteiger partial charge in [-0.05, 0) is 60.7 Å². The molecule has 0 atom stereocenters. The summed E-state index contributed by atoms with van der Waals surface area (Å²) in [6.07, 6.45) is 3.45. The van der Waals surface area contributed by atoms with Gasteiger partial charge in [0.25, 0.3) is 17.7 Å². The number of amides is 3. The smallest absolute Gasteiger partial charge is 0.281 e. The second-order valence-electron chi connectivity index (χ2n) is 8.26. The summed E-state index contributed by atoms with van der Waals surface area (Å²) in [4.78, 5) is 41.2. The summed E-state index contributed by atoms with van der Waals surface area (Å²) in [5, 5.41) is 2.87. The van der Waals surface area contributed by atoms with Gasteiger partial charge in [-0.15, -0.1) is 0 Å². The van der Waals surface area contributed by atoms with Gasteiger partial charge in [0.2, 0.25) is 0 Å². The number of likely N-dealkylation sites (tertiary alicyclic amines) is 1. The number of ether oxygens (including phenoxy) is 1. The first-order valence-corrected chi connectivity index (χ1v) is 10.8. The lowest BCUT2D eigenvalue weighted by atomic mass is 9.99. The molecular formula is C25H27N3O4. The van der Waals surface area contributed by atoms with Gasteiger partial charge in [-0.25, -0.2) is 4.90 Å². The van der Waals surface area contributed by atoms with Crippen LogP contribution in [0.1, 0.15) is 35.7 Å². The van der Waals surface area contributed by atoms with E-state index < -0.39 is 0 Å². The number of carbonyl (C=O) groups is 3. The van der Waals surface area contributed by atoms with Gasteiger partial charge in [0.1, 0.15) is 11.4 Å². The van der Waals surface area contributed by atoms with Crippen molar-refractivity contribution in [2.75, 3.05) is 25.1 Å². The molecule has 0 aliphatic carbocycles. The van der Waals surface area contributed by atoms with E-state index in [-0.39, 0.29) is 17.7 Å². The van der Waals surface area contributed by atoms with Gasteiger partial charge in [0.15, 0.2) is 0 Å². The Labute approximate surface area is 187 Å². The highest BCUT2D eigenvalue weighted by molar-refractivity contribution is 6.30. The maximum atomic E-state index is 12.9. The Morgan fingerprint density at radius 1 is 1.09 bits per heavy atom. The van der Waals surface area contributed by atoms with E-state index in [2.05, 4.69) is 12.2 Å². The normalized spacial score (nSPS) is 16.9. The predicted octanol–water partition coefficient (Wildman–Crippen LogP) is 3.11. The van der Waals surface area contributed by atoms with Crippen molar-refractivity contribution in [3.8, 4) is 5.75 Å². The number of nitrogens with one attached hydrogen (secondary N) is 1. The molecule has 0 aromatic heterocycles. The first-order chi connectivity index (χ1) is 15.5. The van der Waals surface area contributed by atoms with Crippen LogP contribution in [0.25, 0.3) is 0 Å². The minimum atomic E-state index is -0.348. The van der Waals surface area contributed by atoms with Crippen molar-refractivity contribution < 1.29 is 19.1 Å². The van der Waals surface area contributed by atoms with E-state index in [0.717, 1.165) is 37.2 Å². The fraction of sp³-hybridized carbons (Fsp3) is 0.320. The lowest BCUT2D eigenvalue weighted by molar-refractivity contribution is -0.121. The van der Waals surface area contributed by atoms with Crippen LogP contribution >= 0.6 is 0 Å². The molecule has 1 saturated heterocycles. The minimum absolute atomic E-state index is 0.236. The quantitative estimate of drug-likeness (QED) is 0.709. The molecule has 2 aromatic rings. The molecule has 166 valence electrons. The van der Waals surface area contributed by atoms with Crippen LogP contribution in [-0.4, -0.2) is 42.8 Å². The summed E-state index contributed by atoms with van der Waals surface area (Å²) in [5.74, 6) is 0.476. The molecule has 0 radical (unpaired) electrons. The van der Waals surface area contributed by atoms with Crippen molar-refractivity contribution in [3.63, 3.8) is 0 Å². The molecule has 1 N–H and O–H groups in total. The number of hydrogen-bond donors (Lipinski definition) is 1. The van der Waals surface area contributed by atoms with Crippen molar-refractivity contribution in [2.24, 2.45) is 5.92 Å². The van der Waals surface area contributed by atoms with Crippen LogP contribution in [0.4, 0.5) is 5.69 Å².